The lowest BCUT2D eigenvalue weighted by Gasteiger charge is -2.04. The zero-order valence-corrected chi connectivity index (χ0v) is 9.77. The molecule has 0 aliphatic carbocycles. The summed E-state index contributed by atoms with van der Waals surface area (Å²) in [6.45, 7) is 2.70. The summed E-state index contributed by atoms with van der Waals surface area (Å²) in [6.07, 6.45) is 0.941. The zero-order chi connectivity index (χ0) is 11.5. The fraction of sp³-hybridized carbons (Fsp3) is 0.800. The highest BCUT2D eigenvalue weighted by Gasteiger charge is 2.29. The third kappa shape index (κ3) is 2.23. The molecule has 6 nitrogen and oxygen atoms in total. The van der Waals surface area contributed by atoms with Gasteiger partial charge >= 0.3 is 0 Å². The Morgan fingerprint density at radius 1 is 1.50 bits per heavy atom. The van der Waals surface area contributed by atoms with Crippen LogP contribution in [-0.2, 0) is 9.47 Å². The number of hydrogen-bond acceptors (Lipinski definition) is 6. The second kappa shape index (κ2) is 4.90. The number of aromatic nitrogens is 2. The molecule has 0 radical (unpaired) electrons. The summed E-state index contributed by atoms with van der Waals surface area (Å²) in [4.78, 5) is 4.31. The molecule has 0 spiro atoms. The molecule has 1 unspecified atom stereocenters. The molecule has 0 bridgehead atoms. The number of nitrogens with one attached hydrogen (secondary N) is 1. The summed E-state index contributed by atoms with van der Waals surface area (Å²) in [5, 5.41) is 7.17. The standard InChI is InChI=1S/C10H17N3O3/c1-6(14-2)9-12-10(16-13-9)8-4-7(15-3)5-11-8/h6-8,11H,4-5H2,1-3H3/t6?,7-,8+/m0/s1. The molecule has 2 heterocycles. The lowest BCUT2D eigenvalue weighted by atomic mass is 10.2. The maximum atomic E-state index is 5.26. The fourth-order valence-electron chi connectivity index (χ4n) is 1.73. The predicted molar refractivity (Wildman–Crippen MR) is 55.9 cm³/mol. The van der Waals surface area contributed by atoms with Gasteiger partial charge in [0.25, 0.3) is 0 Å². The average Bonchev–Trinajstić information content (AvgIpc) is 2.95. The molecule has 1 fully saturated rings. The van der Waals surface area contributed by atoms with E-state index >= 15 is 0 Å². The van der Waals surface area contributed by atoms with Gasteiger partial charge < -0.3 is 19.3 Å². The first kappa shape index (κ1) is 11.5. The second-order valence-electron chi connectivity index (χ2n) is 3.92. The molecule has 90 valence electrons. The Bertz CT molecular complexity index is 342. The van der Waals surface area contributed by atoms with Gasteiger partial charge in [-0.1, -0.05) is 5.16 Å². The summed E-state index contributed by atoms with van der Waals surface area (Å²) in [5.74, 6) is 1.19. The van der Waals surface area contributed by atoms with Crippen LogP contribution in [0.5, 0.6) is 0 Å². The van der Waals surface area contributed by atoms with Crippen molar-refractivity contribution in [2.24, 2.45) is 0 Å². The number of hydrogen-bond donors (Lipinski definition) is 1. The lowest BCUT2D eigenvalue weighted by molar-refractivity contribution is 0.109. The molecule has 1 saturated heterocycles. The van der Waals surface area contributed by atoms with Gasteiger partial charge in [-0.3, -0.25) is 0 Å². The first-order valence-corrected chi connectivity index (χ1v) is 5.37. The van der Waals surface area contributed by atoms with E-state index in [0.717, 1.165) is 13.0 Å². The number of nitrogens with zero attached hydrogens (tertiary/aromatic N) is 2. The molecule has 1 aliphatic heterocycles. The van der Waals surface area contributed by atoms with Gasteiger partial charge in [-0.2, -0.15) is 4.98 Å². The van der Waals surface area contributed by atoms with Crippen molar-refractivity contribution in [1.82, 2.24) is 15.5 Å². The Morgan fingerprint density at radius 3 is 2.94 bits per heavy atom. The molecule has 0 aromatic carbocycles. The van der Waals surface area contributed by atoms with Crippen molar-refractivity contribution >= 4 is 0 Å². The van der Waals surface area contributed by atoms with Gasteiger partial charge in [0, 0.05) is 20.8 Å². The molecule has 6 heteroatoms. The Balaban J connectivity index is 2.02. The number of rotatable bonds is 4. The van der Waals surface area contributed by atoms with E-state index in [-0.39, 0.29) is 18.2 Å². The molecule has 1 N–H and O–H groups in total. The smallest absolute Gasteiger partial charge is 0.243 e. The quantitative estimate of drug-likeness (QED) is 0.821. The third-order valence-electron chi connectivity index (χ3n) is 2.90. The SMILES string of the molecule is COC(C)c1noc([C@H]2C[C@H](OC)CN2)n1. The molecule has 2 rings (SSSR count). The van der Waals surface area contributed by atoms with E-state index in [4.69, 9.17) is 14.0 Å². The molecule has 1 aromatic rings. The van der Waals surface area contributed by atoms with Gasteiger partial charge in [0.05, 0.1) is 12.1 Å². The molecule has 1 aliphatic rings. The minimum atomic E-state index is -0.142. The maximum Gasteiger partial charge on any atom is 0.243 e. The zero-order valence-electron chi connectivity index (χ0n) is 9.77. The van der Waals surface area contributed by atoms with Crippen LogP contribution in [0.15, 0.2) is 4.52 Å². The van der Waals surface area contributed by atoms with Crippen molar-refractivity contribution in [1.29, 1.82) is 0 Å². The van der Waals surface area contributed by atoms with Crippen LogP contribution >= 0.6 is 0 Å². The van der Waals surface area contributed by atoms with Crippen LogP contribution in [-0.4, -0.2) is 37.0 Å². The molecule has 16 heavy (non-hydrogen) atoms. The lowest BCUT2D eigenvalue weighted by Crippen LogP contribution is -2.16. The third-order valence-corrected chi connectivity index (χ3v) is 2.90. The molecular weight excluding hydrogens is 210 g/mol. The van der Waals surface area contributed by atoms with E-state index in [1.807, 2.05) is 6.92 Å². The Hall–Kier alpha value is -0.980. The minimum Gasteiger partial charge on any atom is -0.380 e. The van der Waals surface area contributed by atoms with E-state index in [0.29, 0.717) is 11.7 Å². The van der Waals surface area contributed by atoms with Crippen molar-refractivity contribution in [2.45, 2.75) is 31.6 Å². The van der Waals surface area contributed by atoms with Crippen LogP contribution < -0.4 is 5.32 Å². The fourth-order valence-corrected chi connectivity index (χ4v) is 1.73. The minimum absolute atomic E-state index is 0.0928. The number of ether oxygens (including phenoxy) is 2. The number of methoxy groups -OCH3 is 2. The molecule has 1 aromatic heterocycles. The van der Waals surface area contributed by atoms with Gasteiger partial charge in [-0.15, -0.1) is 0 Å². The molecular formula is C10H17N3O3. The summed E-state index contributed by atoms with van der Waals surface area (Å²) < 4.78 is 15.6. The predicted octanol–water partition coefficient (Wildman–Crippen LogP) is 0.826. The summed E-state index contributed by atoms with van der Waals surface area (Å²) in [7, 11) is 3.33. The first-order chi connectivity index (χ1) is 7.74. The van der Waals surface area contributed by atoms with Crippen LogP contribution in [0.2, 0.25) is 0 Å². The Kier molecular flexibility index (Phi) is 3.52. The van der Waals surface area contributed by atoms with E-state index in [2.05, 4.69) is 15.5 Å². The monoisotopic (exact) mass is 227 g/mol. The van der Waals surface area contributed by atoms with Crippen molar-refractivity contribution in [3.63, 3.8) is 0 Å². The second-order valence-corrected chi connectivity index (χ2v) is 3.92. The normalized spacial score (nSPS) is 27.2. The van der Waals surface area contributed by atoms with Gasteiger partial charge in [-0.25, -0.2) is 0 Å². The van der Waals surface area contributed by atoms with E-state index in [9.17, 15) is 0 Å². The van der Waals surface area contributed by atoms with Gasteiger partial charge in [0.1, 0.15) is 6.10 Å². The van der Waals surface area contributed by atoms with Gasteiger partial charge in [0.2, 0.25) is 5.89 Å². The van der Waals surface area contributed by atoms with E-state index < -0.39 is 0 Å². The maximum absolute atomic E-state index is 5.26. The molecule has 0 saturated carbocycles. The van der Waals surface area contributed by atoms with Crippen molar-refractivity contribution in [3.8, 4) is 0 Å². The van der Waals surface area contributed by atoms with Crippen molar-refractivity contribution < 1.29 is 14.0 Å². The van der Waals surface area contributed by atoms with E-state index in [1.54, 1.807) is 14.2 Å². The van der Waals surface area contributed by atoms with E-state index in [1.165, 1.54) is 0 Å². The molecule has 0 amide bonds. The van der Waals surface area contributed by atoms with Gasteiger partial charge in [0.15, 0.2) is 5.82 Å². The van der Waals surface area contributed by atoms with Crippen LogP contribution in [0.4, 0.5) is 0 Å². The summed E-state index contributed by atoms with van der Waals surface area (Å²) in [5.41, 5.74) is 0. The summed E-state index contributed by atoms with van der Waals surface area (Å²) in [6, 6.07) is 0.0928. The van der Waals surface area contributed by atoms with Crippen LogP contribution in [0.1, 0.15) is 37.2 Å². The first-order valence-electron chi connectivity index (χ1n) is 5.37. The van der Waals surface area contributed by atoms with Crippen LogP contribution in [0.25, 0.3) is 0 Å². The van der Waals surface area contributed by atoms with Gasteiger partial charge in [-0.05, 0) is 13.3 Å². The topological polar surface area (TPSA) is 69.4 Å². The Morgan fingerprint density at radius 2 is 2.31 bits per heavy atom. The summed E-state index contributed by atoms with van der Waals surface area (Å²) >= 11 is 0. The van der Waals surface area contributed by atoms with Crippen LogP contribution in [0.3, 0.4) is 0 Å². The van der Waals surface area contributed by atoms with Crippen LogP contribution in [0, 0.1) is 0 Å². The highest BCUT2D eigenvalue weighted by molar-refractivity contribution is 4.99. The highest BCUT2D eigenvalue weighted by atomic mass is 16.5. The van der Waals surface area contributed by atoms with Crippen molar-refractivity contribution in [2.75, 3.05) is 20.8 Å². The molecule has 3 atom stereocenters. The Labute approximate surface area is 94.3 Å². The highest BCUT2D eigenvalue weighted by Crippen LogP contribution is 2.24. The largest absolute Gasteiger partial charge is 0.380 e. The van der Waals surface area contributed by atoms with Crippen molar-refractivity contribution in [3.05, 3.63) is 11.7 Å². The average molecular weight is 227 g/mol.